The Balaban J connectivity index is 2.21. The van der Waals surface area contributed by atoms with E-state index in [1.165, 1.54) is 23.9 Å². The number of nitrogens with two attached hydrogens (primary N) is 1. The van der Waals surface area contributed by atoms with Gasteiger partial charge in [-0.05, 0) is 24.3 Å². The quantitative estimate of drug-likeness (QED) is 0.767. The van der Waals surface area contributed by atoms with Crippen molar-refractivity contribution in [1.29, 1.82) is 5.26 Å². The van der Waals surface area contributed by atoms with Gasteiger partial charge in [0.15, 0.2) is 0 Å². The third kappa shape index (κ3) is 2.95. The SMILES string of the molecule is COc1ccccc1-n1nc(-c2cccc(C(F)(F)F)c2)c(C#N)c1N. The number of nitrogen functional groups attached to an aromatic ring is 1. The van der Waals surface area contributed by atoms with Gasteiger partial charge < -0.3 is 10.5 Å². The maximum absolute atomic E-state index is 13.0. The van der Waals surface area contributed by atoms with Crippen LogP contribution < -0.4 is 10.5 Å². The molecule has 132 valence electrons. The molecule has 1 aromatic heterocycles. The molecule has 2 N–H and O–H groups in total. The summed E-state index contributed by atoms with van der Waals surface area (Å²) in [5.74, 6) is 0.478. The first kappa shape index (κ1) is 17.4. The third-order valence-electron chi connectivity index (χ3n) is 3.81. The molecule has 0 unspecified atom stereocenters. The summed E-state index contributed by atoms with van der Waals surface area (Å²) in [6, 6.07) is 13.4. The van der Waals surface area contributed by atoms with Gasteiger partial charge in [0.2, 0.25) is 0 Å². The number of benzene rings is 2. The molecule has 5 nitrogen and oxygen atoms in total. The van der Waals surface area contributed by atoms with Gasteiger partial charge in [-0.1, -0.05) is 24.3 Å². The molecule has 8 heteroatoms. The lowest BCUT2D eigenvalue weighted by Crippen LogP contribution is -2.05. The van der Waals surface area contributed by atoms with Gasteiger partial charge in [0.05, 0.1) is 12.7 Å². The van der Waals surface area contributed by atoms with Crippen molar-refractivity contribution in [2.45, 2.75) is 6.18 Å². The first-order valence-corrected chi connectivity index (χ1v) is 7.46. The summed E-state index contributed by atoms with van der Waals surface area (Å²) < 4.78 is 45.5. The molecule has 0 bridgehead atoms. The normalized spacial score (nSPS) is 11.2. The third-order valence-corrected chi connectivity index (χ3v) is 3.81. The summed E-state index contributed by atoms with van der Waals surface area (Å²) >= 11 is 0. The number of rotatable bonds is 3. The van der Waals surface area contributed by atoms with E-state index >= 15 is 0 Å². The Morgan fingerprint density at radius 2 is 1.88 bits per heavy atom. The molecule has 0 spiro atoms. The number of halogens is 3. The number of methoxy groups -OCH3 is 1. The van der Waals surface area contributed by atoms with Crippen LogP contribution in [0.1, 0.15) is 11.1 Å². The van der Waals surface area contributed by atoms with Crippen LogP contribution in [-0.4, -0.2) is 16.9 Å². The Morgan fingerprint density at radius 1 is 1.15 bits per heavy atom. The maximum Gasteiger partial charge on any atom is 0.416 e. The number of ether oxygens (including phenoxy) is 1. The smallest absolute Gasteiger partial charge is 0.416 e. The standard InChI is InChI=1S/C18H13F3N4O/c1-26-15-8-3-2-7-14(15)25-17(23)13(10-22)16(24-25)11-5-4-6-12(9-11)18(19,20)21/h2-9H,23H2,1H3. The summed E-state index contributed by atoms with van der Waals surface area (Å²) in [6.45, 7) is 0. The number of hydrogen-bond acceptors (Lipinski definition) is 4. The van der Waals surface area contributed by atoms with Crippen molar-refractivity contribution in [2.24, 2.45) is 0 Å². The van der Waals surface area contributed by atoms with E-state index in [1.54, 1.807) is 24.3 Å². The molecular weight excluding hydrogens is 345 g/mol. The molecule has 1 heterocycles. The average Bonchev–Trinajstić information content (AvgIpc) is 2.97. The van der Waals surface area contributed by atoms with Crippen molar-refractivity contribution < 1.29 is 17.9 Å². The second-order valence-electron chi connectivity index (χ2n) is 5.38. The number of nitrogens with zero attached hydrogens (tertiary/aromatic N) is 3. The molecule has 0 aliphatic carbocycles. The van der Waals surface area contributed by atoms with E-state index in [9.17, 15) is 18.4 Å². The van der Waals surface area contributed by atoms with Crippen LogP contribution in [-0.2, 0) is 6.18 Å². The largest absolute Gasteiger partial charge is 0.494 e. The summed E-state index contributed by atoms with van der Waals surface area (Å²) in [4.78, 5) is 0. The van der Waals surface area contributed by atoms with E-state index in [2.05, 4.69) is 5.10 Å². The fraction of sp³-hybridized carbons (Fsp3) is 0.111. The molecule has 3 aromatic rings. The highest BCUT2D eigenvalue weighted by atomic mass is 19.4. The highest BCUT2D eigenvalue weighted by Crippen LogP contribution is 2.35. The van der Waals surface area contributed by atoms with E-state index in [-0.39, 0.29) is 22.6 Å². The monoisotopic (exact) mass is 358 g/mol. The Bertz CT molecular complexity index is 1000. The molecule has 0 aliphatic heterocycles. The Morgan fingerprint density at radius 3 is 2.54 bits per heavy atom. The number of para-hydroxylation sites is 2. The predicted octanol–water partition coefficient (Wildman–Crippen LogP) is 4.02. The lowest BCUT2D eigenvalue weighted by Gasteiger charge is -2.09. The minimum absolute atomic E-state index is 0.00442. The van der Waals surface area contributed by atoms with Crippen LogP contribution in [0.2, 0.25) is 0 Å². The fourth-order valence-electron chi connectivity index (χ4n) is 2.57. The molecule has 0 fully saturated rings. The number of alkyl halides is 3. The first-order chi connectivity index (χ1) is 12.4. The number of nitriles is 1. The second kappa shape index (κ2) is 6.44. The Kier molecular flexibility index (Phi) is 4.30. The van der Waals surface area contributed by atoms with Crippen LogP contribution in [0.25, 0.3) is 16.9 Å². The second-order valence-corrected chi connectivity index (χ2v) is 5.38. The molecule has 0 radical (unpaired) electrons. The molecule has 26 heavy (non-hydrogen) atoms. The van der Waals surface area contributed by atoms with Gasteiger partial charge in [-0.3, -0.25) is 0 Å². The van der Waals surface area contributed by atoms with Crippen LogP contribution >= 0.6 is 0 Å². The first-order valence-electron chi connectivity index (χ1n) is 7.46. The zero-order valence-electron chi connectivity index (χ0n) is 13.6. The lowest BCUT2D eigenvalue weighted by atomic mass is 10.0. The highest BCUT2D eigenvalue weighted by molar-refractivity contribution is 5.74. The van der Waals surface area contributed by atoms with Gasteiger partial charge in [0.25, 0.3) is 0 Å². The zero-order chi connectivity index (χ0) is 18.9. The Labute approximate surface area is 147 Å². The molecule has 0 amide bonds. The van der Waals surface area contributed by atoms with Crippen LogP contribution in [0.15, 0.2) is 48.5 Å². The minimum Gasteiger partial charge on any atom is -0.494 e. The van der Waals surface area contributed by atoms with Gasteiger partial charge in [-0.25, -0.2) is 4.68 Å². The zero-order valence-corrected chi connectivity index (χ0v) is 13.6. The van der Waals surface area contributed by atoms with Crippen molar-refractivity contribution in [3.8, 4) is 28.8 Å². The van der Waals surface area contributed by atoms with Crippen molar-refractivity contribution >= 4 is 5.82 Å². The highest BCUT2D eigenvalue weighted by Gasteiger charge is 2.31. The van der Waals surface area contributed by atoms with Gasteiger partial charge in [-0.15, -0.1) is 0 Å². The summed E-state index contributed by atoms with van der Waals surface area (Å²) in [7, 11) is 1.47. The molecule has 0 saturated carbocycles. The molecule has 0 aliphatic rings. The van der Waals surface area contributed by atoms with E-state index < -0.39 is 11.7 Å². The van der Waals surface area contributed by atoms with Gasteiger partial charge in [-0.2, -0.15) is 23.5 Å². The fourth-order valence-corrected chi connectivity index (χ4v) is 2.57. The number of hydrogen-bond donors (Lipinski definition) is 1. The van der Waals surface area contributed by atoms with Crippen molar-refractivity contribution in [2.75, 3.05) is 12.8 Å². The number of aromatic nitrogens is 2. The molecule has 0 atom stereocenters. The van der Waals surface area contributed by atoms with E-state index in [0.717, 1.165) is 12.1 Å². The summed E-state index contributed by atoms with van der Waals surface area (Å²) in [6.07, 6.45) is -4.50. The Hall–Kier alpha value is -3.47. The van der Waals surface area contributed by atoms with Crippen LogP contribution in [0.5, 0.6) is 5.75 Å². The van der Waals surface area contributed by atoms with Crippen LogP contribution in [0, 0.1) is 11.3 Å². The lowest BCUT2D eigenvalue weighted by molar-refractivity contribution is -0.137. The molecule has 0 saturated heterocycles. The van der Waals surface area contributed by atoms with Crippen molar-refractivity contribution in [3.63, 3.8) is 0 Å². The maximum atomic E-state index is 13.0. The van der Waals surface area contributed by atoms with Gasteiger partial charge in [0.1, 0.15) is 34.6 Å². The van der Waals surface area contributed by atoms with E-state index in [1.807, 2.05) is 6.07 Å². The number of anilines is 1. The molecule has 2 aromatic carbocycles. The van der Waals surface area contributed by atoms with Crippen molar-refractivity contribution in [1.82, 2.24) is 9.78 Å². The average molecular weight is 358 g/mol. The predicted molar refractivity (Wildman–Crippen MR) is 89.7 cm³/mol. The van der Waals surface area contributed by atoms with Gasteiger partial charge >= 0.3 is 6.18 Å². The van der Waals surface area contributed by atoms with Crippen molar-refractivity contribution in [3.05, 3.63) is 59.7 Å². The van der Waals surface area contributed by atoms with Crippen LogP contribution in [0.3, 0.4) is 0 Å². The molecular formula is C18H13F3N4O. The summed E-state index contributed by atoms with van der Waals surface area (Å²) in [5.41, 5.74) is 5.89. The van der Waals surface area contributed by atoms with E-state index in [0.29, 0.717) is 11.4 Å². The molecule has 3 rings (SSSR count). The van der Waals surface area contributed by atoms with Gasteiger partial charge in [0, 0.05) is 5.56 Å². The van der Waals surface area contributed by atoms with E-state index in [4.69, 9.17) is 10.5 Å². The minimum atomic E-state index is -4.50. The van der Waals surface area contributed by atoms with Crippen LogP contribution in [0.4, 0.5) is 19.0 Å². The topological polar surface area (TPSA) is 76.9 Å². The summed E-state index contributed by atoms with van der Waals surface area (Å²) in [5, 5.41) is 13.7.